The Morgan fingerprint density at radius 1 is 1.50 bits per heavy atom. The summed E-state index contributed by atoms with van der Waals surface area (Å²) in [5.41, 5.74) is -1.08. The van der Waals surface area contributed by atoms with Crippen LogP contribution in [0.25, 0.3) is 0 Å². The first-order valence-electron chi connectivity index (χ1n) is 5.02. The molecule has 0 saturated heterocycles. The normalized spacial score (nSPS) is 11.2. The minimum atomic E-state index is -4.56. The van der Waals surface area contributed by atoms with Crippen LogP contribution in [0, 0.1) is 0 Å². The van der Waals surface area contributed by atoms with Crippen LogP contribution in [0.3, 0.4) is 0 Å². The van der Waals surface area contributed by atoms with Gasteiger partial charge in [0.15, 0.2) is 0 Å². The quantitative estimate of drug-likeness (QED) is 0.869. The lowest BCUT2D eigenvalue weighted by Gasteiger charge is -2.16. The fourth-order valence-corrected chi connectivity index (χ4v) is 1.12. The molecule has 1 heterocycles. The number of likely N-dealkylation sites (N-methyl/N-ethyl adjacent to an activating group) is 1. The zero-order valence-corrected chi connectivity index (χ0v) is 9.53. The SMILES string of the molecule is CN(CCO)C(=O)Nc1cccc(C(F)(F)F)n1. The average Bonchev–Trinajstić information content (AvgIpc) is 2.28. The summed E-state index contributed by atoms with van der Waals surface area (Å²) < 4.78 is 37.1. The van der Waals surface area contributed by atoms with Gasteiger partial charge < -0.3 is 10.0 Å². The molecule has 0 bridgehead atoms. The van der Waals surface area contributed by atoms with Crippen molar-refractivity contribution in [3.63, 3.8) is 0 Å². The zero-order valence-electron chi connectivity index (χ0n) is 9.53. The molecule has 0 fully saturated rings. The van der Waals surface area contributed by atoms with E-state index in [2.05, 4.69) is 10.3 Å². The Morgan fingerprint density at radius 2 is 2.17 bits per heavy atom. The fourth-order valence-electron chi connectivity index (χ4n) is 1.12. The number of hydrogen-bond acceptors (Lipinski definition) is 3. The number of urea groups is 1. The third-order valence-corrected chi connectivity index (χ3v) is 2.06. The van der Waals surface area contributed by atoms with Gasteiger partial charge in [0.2, 0.25) is 0 Å². The predicted octanol–water partition coefficient (Wildman–Crippen LogP) is 1.56. The maximum absolute atomic E-state index is 12.4. The maximum atomic E-state index is 12.4. The first kappa shape index (κ1) is 14.2. The molecule has 5 nitrogen and oxygen atoms in total. The van der Waals surface area contributed by atoms with Crippen LogP contribution in [-0.4, -0.2) is 41.2 Å². The van der Waals surface area contributed by atoms with Crippen molar-refractivity contribution in [3.8, 4) is 0 Å². The van der Waals surface area contributed by atoms with E-state index in [0.29, 0.717) is 0 Å². The molecule has 1 aromatic heterocycles. The number of aliphatic hydroxyl groups excluding tert-OH is 1. The van der Waals surface area contributed by atoms with Crippen LogP contribution < -0.4 is 5.32 Å². The van der Waals surface area contributed by atoms with Gasteiger partial charge in [-0.25, -0.2) is 9.78 Å². The van der Waals surface area contributed by atoms with Crippen molar-refractivity contribution in [2.45, 2.75) is 6.18 Å². The van der Waals surface area contributed by atoms with Gasteiger partial charge in [-0.3, -0.25) is 5.32 Å². The van der Waals surface area contributed by atoms with Crippen molar-refractivity contribution >= 4 is 11.8 Å². The largest absolute Gasteiger partial charge is 0.433 e. The molecule has 0 saturated carbocycles. The molecule has 0 unspecified atom stereocenters. The van der Waals surface area contributed by atoms with Crippen LogP contribution in [0.1, 0.15) is 5.69 Å². The standard InChI is InChI=1S/C10H12F3N3O2/c1-16(5-6-17)9(18)15-8-4-2-3-7(14-8)10(11,12)13/h2-4,17H,5-6H2,1H3,(H,14,15,18). The van der Waals surface area contributed by atoms with Crippen LogP contribution in [0.15, 0.2) is 18.2 Å². The monoisotopic (exact) mass is 263 g/mol. The number of halogens is 3. The molecule has 100 valence electrons. The van der Waals surface area contributed by atoms with E-state index in [1.165, 1.54) is 13.1 Å². The second-order valence-electron chi connectivity index (χ2n) is 3.48. The number of pyridine rings is 1. The Morgan fingerprint density at radius 3 is 2.72 bits per heavy atom. The summed E-state index contributed by atoms with van der Waals surface area (Å²) in [6, 6.07) is 2.57. The molecule has 0 atom stereocenters. The van der Waals surface area contributed by atoms with Crippen molar-refractivity contribution < 1.29 is 23.1 Å². The third-order valence-electron chi connectivity index (χ3n) is 2.06. The number of aromatic nitrogens is 1. The van der Waals surface area contributed by atoms with E-state index in [-0.39, 0.29) is 19.0 Å². The lowest BCUT2D eigenvalue weighted by Crippen LogP contribution is -2.33. The molecule has 2 N–H and O–H groups in total. The number of carbonyl (C=O) groups is 1. The van der Waals surface area contributed by atoms with E-state index < -0.39 is 17.9 Å². The molecule has 8 heteroatoms. The van der Waals surface area contributed by atoms with Crippen molar-refractivity contribution in [2.24, 2.45) is 0 Å². The minimum Gasteiger partial charge on any atom is -0.395 e. The molecule has 0 aromatic carbocycles. The first-order valence-corrected chi connectivity index (χ1v) is 5.02. The molecule has 1 rings (SSSR count). The highest BCUT2D eigenvalue weighted by Crippen LogP contribution is 2.28. The molecule has 0 aliphatic carbocycles. The smallest absolute Gasteiger partial charge is 0.395 e. The summed E-state index contributed by atoms with van der Waals surface area (Å²) in [7, 11) is 1.40. The summed E-state index contributed by atoms with van der Waals surface area (Å²) in [5.74, 6) is -0.195. The second kappa shape index (κ2) is 5.67. The number of nitrogens with zero attached hydrogens (tertiary/aromatic N) is 2. The Kier molecular flexibility index (Phi) is 4.49. The molecule has 0 radical (unpaired) electrons. The van der Waals surface area contributed by atoms with Crippen LogP contribution in [-0.2, 0) is 6.18 Å². The Balaban J connectivity index is 2.77. The first-order chi connectivity index (χ1) is 8.34. The fraction of sp³-hybridized carbons (Fsp3) is 0.400. The van der Waals surface area contributed by atoms with E-state index in [1.807, 2.05) is 0 Å². The topological polar surface area (TPSA) is 65.5 Å². The molecular weight excluding hydrogens is 251 g/mol. The van der Waals surface area contributed by atoms with Crippen LogP contribution in [0.4, 0.5) is 23.8 Å². The highest BCUT2D eigenvalue weighted by molar-refractivity contribution is 5.88. The molecule has 18 heavy (non-hydrogen) atoms. The number of carbonyl (C=O) groups excluding carboxylic acids is 1. The number of anilines is 1. The molecule has 2 amide bonds. The van der Waals surface area contributed by atoms with Crippen LogP contribution in [0.2, 0.25) is 0 Å². The highest BCUT2D eigenvalue weighted by atomic mass is 19.4. The lowest BCUT2D eigenvalue weighted by molar-refractivity contribution is -0.141. The average molecular weight is 263 g/mol. The summed E-state index contributed by atoms with van der Waals surface area (Å²) in [4.78, 5) is 15.9. The number of rotatable bonds is 3. The maximum Gasteiger partial charge on any atom is 0.433 e. The number of aliphatic hydroxyl groups is 1. The van der Waals surface area contributed by atoms with Gasteiger partial charge >= 0.3 is 12.2 Å². The van der Waals surface area contributed by atoms with Gasteiger partial charge in [-0.15, -0.1) is 0 Å². The summed E-state index contributed by atoms with van der Waals surface area (Å²) in [5, 5.41) is 10.8. The Hall–Kier alpha value is -1.83. The van der Waals surface area contributed by atoms with Crippen molar-refractivity contribution in [1.29, 1.82) is 0 Å². The molecule has 0 spiro atoms. The highest BCUT2D eigenvalue weighted by Gasteiger charge is 2.32. The van der Waals surface area contributed by atoms with Gasteiger partial charge in [-0.1, -0.05) is 6.07 Å². The lowest BCUT2D eigenvalue weighted by atomic mass is 10.3. The van der Waals surface area contributed by atoms with E-state index in [9.17, 15) is 18.0 Å². The Bertz CT molecular complexity index is 423. The zero-order chi connectivity index (χ0) is 13.8. The van der Waals surface area contributed by atoms with Gasteiger partial charge in [-0.2, -0.15) is 13.2 Å². The van der Waals surface area contributed by atoms with Gasteiger partial charge in [0.25, 0.3) is 0 Å². The van der Waals surface area contributed by atoms with Crippen molar-refractivity contribution in [1.82, 2.24) is 9.88 Å². The van der Waals surface area contributed by atoms with E-state index in [1.54, 1.807) is 0 Å². The molecular formula is C10H12F3N3O2. The summed E-state index contributed by atoms with van der Waals surface area (Å²) in [6.45, 7) is -0.162. The van der Waals surface area contributed by atoms with E-state index in [0.717, 1.165) is 17.0 Å². The number of alkyl halides is 3. The van der Waals surface area contributed by atoms with Gasteiger partial charge in [0, 0.05) is 13.6 Å². The number of hydrogen-bond donors (Lipinski definition) is 2. The van der Waals surface area contributed by atoms with Gasteiger partial charge in [0.05, 0.1) is 6.61 Å². The summed E-state index contributed by atoms with van der Waals surface area (Å²) in [6.07, 6.45) is -4.56. The predicted molar refractivity (Wildman–Crippen MR) is 58.0 cm³/mol. The van der Waals surface area contributed by atoms with E-state index in [4.69, 9.17) is 5.11 Å². The van der Waals surface area contributed by atoms with Gasteiger partial charge in [0.1, 0.15) is 11.5 Å². The van der Waals surface area contributed by atoms with Crippen LogP contribution >= 0.6 is 0 Å². The van der Waals surface area contributed by atoms with Crippen molar-refractivity contribution in [2.75, 3.05) is 25.5 Å². The molecule has 0 aliphatic heterocycles. The van der Waals surface area contributed by atoms with Crippen molar-refractivity contribution in [3.05, 3.63) is 23.9 Å². The Labute approximate surface area is 101 Å². The second-order valence-corrected chi connectivity index (χ2v) is 3.48. The molecule has 1 aromatic rings. The van der Waals surface area contributed by atoms with Gasteiger partial charge in [-0.05, 0) is 12.1 Å². The molecule has 0 aliphatic rings. The van der Waals surface area contributed by atoms with Crippen LogP contribution in [0.5, 0.6) is 0 Å². The number of amides is 2. The third kappa shape index (κ3) is 3.88. The van der Waals surface area contributed by atoms with E-state index >= 15 is 0 Å². The number of nitrogens with one attached hydrogen (secondary N) is 1. The minimum absolute atomic E-state index is 0.0742. The summed E-state index contributed by atoms with van der Waals surface area (Å²) >= 11 is 0.